The lowest BCUT2D eigenvalue weighted by Gasteiger charge is -2.25. The summed E-state index contributed by atoms with van der Waals surface area (Å²) in [6, 6.07) is 0. The van der Waals surface area contributed by atoms with Crippen molar-refractivity contribution >= 4 is 0 Å². The van der Waals surface area contributed by atoms with Crippen LogP contribution in [0.3, 0.4) is 0 Å². The van der Waals surface area contributed by atoms with Crippen LogP contribution in [-0.2, 0) is 4.74 Å². The minimum atomic E-state index is -0.376. The number of nitrogens with one attached hydrogen (secondary N) is 1. The predicted octanol–water partition coefficient (Wildman–Crippen LogP) is 3.75. The highest BCUT2D eigenvalue weighted by molar-refractivity contribution is 4.82. The van der Waals surface area contributed by atoms with Crippen molar-refractivity contribution in [3.05, 3.63) is 0 Å². The maximum Gasteiger partial charge on any atom is 0.0897 e. The topological polar surface area (TPSA) is 41.5 Å². The number of hydrogen-bond acceptors (Lipinski definition) is 3. The normalized spacial score (nSPS) is 20.6. The molecule has 1 saturated carbocycles. The van der Waals surface area contributed by atoms with Crippen LogP contribution >= 0.6 is 0 Å². The molecule has 0 heterocycles. The second-order valence-electron chi connectivity index (χ2n) is 7.26. The standard InChI is InChI=1S/C18H37NO2/c1-4-6-9-16(5-2)13-21-14-17(20)12-19-15-18(3)10-7-8-11-18/h16-17,19-20H,4-15H2,1-3H3. The lowest BCUT2D eigenvalue weighted by molar-refractivity contribution is 0.0184. The van der Waals surface area contributed by atoms with E-state index in [9.17, 15) is 5.11 Å². The van der Waals surface area contributed by atoms with Crippen LogP contribution in [0.15, 0.2) is 0 Å². The number of aliphatic hydroxyl groups is 1. The second-order valence-corrected chi connectivity index (χ2v) is 7.26. The van der Waals surface area contributed by atoms with Crippen LogP contribution in [0.4, 0.5) is 0 Å². The smallest absolute Gasteiger partial charge is 0.0897 e. The maximum atomic E-state index is 9.98. The minimum absolute atomic E-state index is 0.376. The molecular formula is C18H37NO2. The van der Waals surface area contributed by atoms with Crippen molar-refractivity contribution < 1.29 is 9.84 Å². The van der Waals surface area contributed by atoms with Crippen molar-refractivity contribution in [2.45, 2.75) is 78.2 Å². The molecule has 21 heavy (non-hydrogen) atoms. The van der Waals surface area contributed by atoms with E-state index >= 15 is 0 Å². The summed E-state index contributed by atoms with van der Waals surface area (Å²) in [4.78, 5) is 0. The average Bonchev–Trinajstić information content (AvgIpc) is 2.89. The van der Waals surface area contributed by atoms with Crippen molar-refractivity contribution in [3.8, 4) is 0 Å². The van der Waals surface area contributed by atoms with Gasteiger partial charge in [0.15, 0.2) is 0 Å². The highest BCUT2D eigenvalue weighted by Crippen LogP contribution is 2.36. The summed E-state index contributed by atoms with van der Waals surface area (Å²) in [6.45, 7) is 9.75. The first kappa shape index (κ1) is 18.9. The monoisotopic (exact) mass is 299 g/mol. The van der Waals surface area contributed by atoms with E-state index in [4.69, 9.17) is 4.74 Å². The zero-order valence-electron chi connectivity index (χ0n) is 14.5. The zero-order valence-corrected chi connectivity index (χ0v) is 14.5. The molecule has 1 aliphatic rings. The summed E-state index contributed by atoms with van der Waals surface area (Å²) in [7, 11) is 0. The summed E-state index contributed by atoms with van der Waals surface area (Å²) >= 11 is 0. The number of unbranched alkanes of at least 4 members (excludes halogenated alkanes) is 1. The first-order chi connectivity index (χ1) is 10.1. The molecular weight excluding hydrogens is 262 g/mol. The van der Waals surface area contributed by atoms with Gasteiger partial charge in [0.2, 0.25) is 0 Å². The van der Waals surface area contributed by atoms with E-state index < -0.39 is 0 Å². The first-order valence-corrected chi connectivity index (χ1v) is 9.06. The van der Waals surface area contributed by atoms with E-state index in [0.717, 1.165) is 13.2 Å². The first-order valence-electron chi connectivity index (χ1n) is 9.06. The molecule has 0 aliphatic heterocycles. The van der Waals surface area contributed by atoms with E-state index in [1.165, 1.54) is 51.4 Å². The predicted molar refractivity (Wildman–Crippen MR) is 89.6 cm³/mol. The van der Waals surface area contributed by atoms with Gasteiger partial charge < -0.3 is 15.2 Å². The summed E-state index contributed by atoms with van der Waals surface area (Å²) in [5, 5.41) is 13.4. The van der Waals surface area contributed by atoms with Crippen LogP contribution in [0.2, 0.25) is 0 Å². The molecule has 0 amide bonds. The SMILES string of the molecule is CCCCC(CC)COCC(O)CNCC1(C)CCCC1. The second kappa shape index (κ2) is 10.6. The summed E-state index contributed by atoms with van der Waals surface area (Å²) in [5.74, 6) is 0.655. The van der Waals surface area contributed by atoms with Gasteiger partial charge in [-0.05, 0) is 30.6 Å². The van der Waals surface area contributed by atoms with Gasteiger partial charge in [-0.2, -0.15) is 0 Å². The Kier molecular flexibility index (Phi) is 9.54. The molecule has 1 fully saturated rings. The van der Waals surface area contributed by atoms with Crippen molar-refractivity contribution in [1.29, 1.82) is 0 Å². The quantitative estimate of drug-likeness (QED) is 0.576. The fraction of sp³-hybridized carbons (Fsp3) is 1.00. The van der Waals surface area contributed by atoms with Gasteiger partial charge in [0, 0.05) is 19.7 Å². The molecule has 0 saturated heterocycles. The van der Waals surface area contributed by atoms with E-state index in [2.05, 4.69) is 26.1 Å². The molecule has 0 spiro atoms. The van der Waals surface area contributed by atoms with Gasteiger partial charge in [0.05, 0.1) is 12.7 Å². The van der Waals surface area contributed by atoms with Crippen molar-refractivity contribution in [3.63, 3.8) is 0 Å². The molecule has 126 valence electrons. The minimum Gasteiger partial charge on any atom is -0.389 e. The van der Waals surface area contributed by atoms with Crippen molar-refractivity contribution in [1.82, 2.24) is 5.32 Å². The lowest BCUT2D eigenvalue weighted by atomic mass is 9.89. The number of ether oxygens (including phenoxy) is 1. The third-order valence-electron chi connectivity index (χ3n) is 4.95. The molecule has 2 unspecified atom stereocenters. The number of rotatable bonds is 12. The Hall–Kier alpha value is -0.120. The fourth-order valence-corrected chi connectivity index (χ4v) is 3.27. The van der Waals surface area contributed by atoms with Crippen LogP contribution < -0.4 is 5.32 Å². The largest absolute Gasteiger partial charge is 0.389 e. The summed E-state index contributed by atoms with van der Waals surface area (Å²) in [5.41, 5.74) is 0.452. The van der Waals surface area contributed by atoms with Gasteiger partial charge in [-0.1, -0.05) is 52.9 Å². The van der Waals surface area contributed by atoms with E-state index in [-0.39, 0.29) is 6.10 Å². The molecule has 3 heteroatoms. The molecule has 3 nitrogen and oxygen atoms in total. The van der Waals surface area contributed by atoms with Gasteiger partial charge >= 0.3 is 0 Å². The molecule has 1 aliphatic carbocycles. The fourth-order valence-electron chi connectivity index (χ4n) is 3.27. The molecule has 0 aromatic carbocycles. The maximum absolute atomic E-state index is 9.98. The van der Waals surface area contributed by atoms with E-state index in [1.807, 2.05) is 0 Å². The van der Waals surface area contributed by atoms with Crippen LogP contribution in [0, 0.1) is 11.3 Å². The Morgan fingerprint density at radius 3 is 2.52 bits per heavy atom. The lowest BCUT2D eigenvalue weighted by Crippen LogP contribution is -2.36. The van der Waals surface area contributed by atoms with Gasteiger partial charge in [0.1, 0.15) is 0 Å². The molecule has 2 N–H and O–H groups in total. The van der Waals surface area contributed by atoms with Crippen molar-refractivity contribution in [2.75, 3.05) is 26.3 Å². The Morgan fingerprint density at radius 1 is 1.19 bits per heavy atom. The van der Waals surface area contributed by atoms with Gasteiger partial charge in [-0.25, -0.2) is 0 Å². The Labute approximate surface area is 131 Å². The van der Waals surface area contributed by atoms with E-state index in [1.54, 1.807) is 0 Å². The zero-order chi connectivity index (χ0) is 15.6. The molecule has 0 bridgehead atoms. The van der Waals surface area contributed by atoms with Gasteiger partial charge in [-0.3, -0.25) is 0 Å². The average molecular weight is 299 g/mol. The highest BCUT2D eigenvalue weighted by Gasteiger charge is 2.28. The van der Waals surface area contributed by atoms with Crippen LogP contribution in [0.1, 0.15) is 72.1 Å². The molecule has 0 aromatic heterocycles. The van der Waals surface area contributed by atoms with Gasteiger partial charge in [0.25, 0.3) is 0 Å². The van der Waals surface area contributed by atoms with Gasteiger partial charge in [-0.15, -0.1) is 0 Å². The van der Waals surface area contributed by atoms with Crippen molar-refractivity contribution in [2.24, 2.45) is 11.3 Å². The summed E-state index contributed by atoms with van der Waals surface area (Å²) < 4.78 is 5.70. The Morgan fingerprint density at radius 2 is 1.90 bits per heavy atom. The van der Waals surface area contributed by atoms with Crippen LogP contribution in [-0.4, -0.2) is 37.5 Å². The van der Waals surface area contributed by atoms with Crippen LogP contribution in [0.5, 0.6) is 0 Å². The third kappa shape index (κ3) is 8.18. The molecule has 2 atom stereocenters. The van der Waals surface area contributed by atoms with Crippen LogP contribution in [0.25, 0.3) is 0 Å². The summed E-state index contributed by atoms with van der Waals surface area (Å²) in [6.07, 6.45) is 9.95. The van der Waals surface area contributed by atoms with E-state index in [0.29, 0.717) is 24.5 Å². The Balaban J connectivity index is 2.03. The Bertz CT molecular complexity index is 252. The number of hydrogen-bond donors (Lipinski definition) is 2. The molecule has 0 aromatic rings. The molecule has 1 rings (SSSR count). The number of aliphatic hydroxyl groups excluding tert-OH is 1. The third-order valence-corrected chi connectivity index (χ3v) is 4.95. The molecule has 0 radical (unpaired) electrons. The highest BCUT2D eigenvalue weighted by atomic mass is 16.5.